The topological polar surface area (TPSA) is 117 Å². The highest BCUT2D eigenvalue weighted by Crippen LogP contribution is 2.29. The van der Waals surface area contributed by atoms with Gasteiger partial charge in [0, 0.05) is 32.8 Å². The molecule has 1 aromatic rings. The second-order valence-electron chi connectivity index (χ2n) is 6.05. The summed E-state index contributed by atoms with van der Waals surface area (Å²) in [6.45, 7) is 7.30. The molecule has 1 amide bonds. The average molecular weight is 388 g/mol. The number of piperazine rings is 1. The zero-order chi connectivity index (χ0) is 19.6. The molecule has 146 valence electrons. The molecule has 0 radical (unpaired) electrons. The van der Waals surface area contributed by atoms with Gasteiger partial charge in [-0.15, -0.1) is 0 Å². The Hall–Kier alpha value is -1.91. The number of aromatic carboxylic acids is 1. The second kappa shape index (κ2) is 7.77. The lowest BCUT2D eigenvalue weighted by molar-refractivity contribution is -0.143. The SMILES string of the molecule is CCOC(C)C(=O)N1CCN(S(=O)(=O)c2c(C)oc(C)c2C(=O)O)CC1. The number of carbonyl (C=O) groups excluding carboxylic acids is 1. The first-order chi connectivity index (χ1) is 12.1. The van der Waals surface area contributed by atoms with E-state index in [1.807, 2.05) is 0 Å². The third-order valence-corrected chi connectivity index (χ3v) is 6.38. The largest absolute Gasteiger partial charge is 0.478 e. The van der Waals surface area contributed by atoms with Crippen LogP contribution < -0.4 is 0 Å². The number of carbonyl (C=O) groups is 2. The molecule has 26 heavy (non-hydrogen) atoms. The van der Waals surface area contributed by atoms with E-state index >= 15 is 0 Å². The van der Waals surface area contributed by atoms with Gasteiger partial charge in [-0.05, 0) is 27.7 Å². The summed E-state index contributed by atoms with van der Waals surface area (Å²) in [6, 6.07) is 0. The highest BCUT2D eigenvalue weighted by Gasteiger charge is 2.37. The van der Waals surface area contributed by atoms with Gasteiger partial charge in [0.15, 0.2) is 0 Å². The Balaban J connectivity index is 2.19. The lowest BCUT2D eigenvalue weighted by atomic mass is 10.2. The van der Waals surface area contributed by atoms with E-state index in [9.17, 15) is 23.1 Å². The number of amides is 1. The average Bonchev–Trinajstić information content (AvgIpc) is 2.89. The zero-order valence-corrected chi connectivity index (χ0v) is 16.1. The van der Waals surface area contributed by atoms with Gasteiger partial charge in [0.1, 0.15) is 28.1 Å². The van der Waals surface area contributed by atoms with Crippen LogP contribution in [-0.4, -0.2) is 73.5 Å². The second-order valence-corrected chi connectivity index (χ2v) is 7.93. The van der Waals surface area contributed by atoms with Crippen LogP contribution in [0.4, 0.5) is 0 Å². The third kappa shape index (κ3) is 3.76. The van der Waals surface area contributed by atoms with E-state index in [0.717, 1.165) is 0 Å². The molecule has 0 bridgehead atoms. The Morgan fingerprint density at radius 2 is 1.77 bits per heavy atom. The Kier molecular flexibility index (Phi) is 6.09. The molecule has 9 nitrogen and oxygen atoms in total. The molecule has 10 heteroatoms. The highest BCUT2D eigenvalue weighted by molar-refractivity contribution is 7.89. The third-order valence-electron chi connectivity index (χ3n) is 4.33. The molecular formula is C16H24N2O7S. The fourth-order valence-electron chi connectivity index (χ4n) is 3.08. The van der Waals surface area contributed by atoms with Crippen molar-refractivity contribution in [1.29, 1.82) is 0 Å². The van der Waals surface area contributed by atoms with Crippen LogP contribution in [0.3, 0.4) is 0 Å². The van der Waals surface area contributed by atoms with Gasteiger partial charge in [-0.25, -0.2) is 13.2 Å². The summed E-state index contributed by atoms with van der Waals surface area (Å²) in [7, 11) is -4.04. The van der Waals surface area contributed by atoms with Crippen LogP contribution in [-0.2, 0) is 19.6 Å². The standard InChI is InChI=1S/C16H24N2O7S/c1-5-24-12(4)15(19)17-6-8-18(9-7-17)26(22,23)14-11(3)25-10(2)13(14)16(20)21/h12H,5-9H2,1-4H3,(H,20,21). The fourth-order valence-corrected chi connectivity index (χ4v) is 4.87. The Morgan fingerprint density at radius 3 is 2.27 bits per heavy atom. The Labute approximate surface area is 152 Å². The number of furan rings is 1. The summed E-state index contributed by atoms with van der Waals surface area (Å²) in [5, 5.41) is 9.34. The maximum atomic E-state index is 12.9. The number of aryl methyl sites for hydroxylation is 2. The number of rotatable bonds is 6. The van der Waals surface area contributed by atoms with Crippen LogP contribution in [0.5, 0.6) is 0 Å². The number of hydrogen-bond acceptors (Lipinski definition) is 6. The van der Waals surface area contributed by atoms with Crippen molar-refractivity contribution in [3.8, 4) is 0 Å². The minimum Gasteiger partial charge on any atom is -0.478 e. The van der Waals surface area contributed by atoms with Gasteiger partial charge in [-0.1, -0.05) is 0 Å². The molecule has 1 aromatic heterocycles. The number of ether oxygens (including phenoxy) is 1. The van der Waals surface area contributed by atoms with Gasteiger partial charge < -0.3 is 19.2 Å². The molecule has 2 rings (SSSR count). The molecule has 1 fully saturated rings. The van der Waals surface area contributed by atoms with Crippen molar-refractivity contribution in [2.24, 2.45) is 0 Å². The predicted molar refractivity (Wildman–Crippen MR) is 91.6 cm³/mol. The molecule has 1 unspecified atom stereocenters. The maximum Gasteiger partial charge on any atom is 0.340 e. The first kappa shape index (κ1) is 20.4. The molecular weight excluding hydrogens is 364 g/mol. The van der Waals surface area contributed by atoms with Crippen LogP contribution in [0.25, 0.3) is 0 Å². The Morgan fingerprint density at radius 1 is 1.19 bits per heavy atom. The van der Waals surface area contributed by atoms with Crippen LogP contribution in [0, 0.1) is 13.8 Å². The minimum atomic E-state index is -4.04. The van der Waals surface area contributed by atoms with E-state index in [1.54, 1.807) is 18.7 Å². The van der Waals surface area contributed by atoms with E-state index in [0.29, 0.717) is 6.61 Å². The monoisotopic (exact) mass is 388 g/mol. The van der Waals surface area contributed by atoms with Crippen LogP contribution in [0.2, 0.25) is 0 Å². The van der Waals surface area contributed by atoms with Crippen molar-refractivity contribution in [2.45, 2.75) is 38.7 Å². The molecule has 0 saturated carbocycles. The van der Waals surface area contributed by atoms with Crippen molar-refractivity contribution in [2.75, 3.05) is 32.8 Å². The first-order valence-corrected chi connectivity index (χ1v) is 9.79. The quantitative estimate of drug-likeness (QED) is 0.768. The van der Waals surface area contributed by atoms with Gasteiger partial charge >= 0.3 is 5.97 Å². The molecule has 1 saturated heterocycles. The Bertz CT molecular complexity index is 792. The van der Waals surface area contributed by atoms with E-state index in [4.69, 9.17) is 9.15 Å². The van der Waals surface area contributed by atoms with E-state index in [2.05, 4.69) is 0 Å². The summed E-state index contributed by atoms with van der Waals surface area (Å²) in [6.07, 6.45) is -0.583. The minimum absolute atomic E-state index is 0.0448. The van der Waals surface area contributed by atoms with Gasteiger partial charge in [-0.2, -0.15) is 4.31 Å². The zero-order valence-electron chi connectivity index (χ0n) is 15.3. The van der Waals surface area contributed by atoms with Crippen LogP contribution >= 0.6 is 0 Å². The molecule has 1 N–H and O–H groups in total. The molecule has 0 spiro atoms. The fraction of sp³-hybridized carbons (Fsp3) is 0.625. The van der Waals surface area contributed by atoms with Crippen molar-refractivity contribution in [3.63, 3.8) is 0 Å². The van der Waals surface area contributed by atoms with Crippen molar-refractivity contribution >= 4 is 21.9 Å². The molecule has 2 heterocycles. The van der Waals surface area contributed by atoms with Gasteiger partial charge in [0.2, 0.25) is 10.0 Å². The lowest BCUT2D eigenvalue weighted by Gasteiger charge is -2.35. The molecule has 0 aliphatic carbocycles. The highest BCUT2D eigenvalue weighted by atomic mass is 32.2. The first-order valence-electron chi connectivity index (χ1n) is 8.35. The smallest absolute Gasteiger partial charge is 0.340 e. The summed E-state index contributed by atoms with van der Waals surface area (Å²) in [5.74, 6) is -1.45. The predicted octanol–water partition coefficient (Wildman–Crippen LogP) is 0.853. The van der Waals surface area contributed by atoms with Gasteiger partial charge in [0.05, 0.1) is 0 Å². The molecule has 1 aliphatic rings. The van der Waals surface area contributed by atoms with E-state index in [-0.39, 0.29) is 54.1 Å². The van der Waals surface area contributed by atoms with Gasteiger partial charge in [0.25, 0.3) is 5.91 Å². The molecule has 0 aromatic carbocycles. The summed E-state index contributed by atoms with van der Waals surface area (Å²) >= 11 is 0. The number of sulfonamides is 1. The maximum absolute atomic E-state index is 12.9. The normalized spacial score (nSPS) is 17.3. The van der Waals surface area contributed by atoms with Crippen molar-refractivity contribution in [1.82, 2.24) is 9.21 Å². The van der Waals surface area contributed by atoms with Gasteiger partial charge in [-0.3, -0.25) is 4.79 Å². The molecule has 1 atom stereocenters. The summed E-state index contributed by atoms with van der Waals surface area (Å²) in [4.78, 5) is 24.9. The van der Waals surface area contributed by atoms with E-state index < -0.39 is 22.1 Å². The summed E-state index contributed by atoms with van der Waals surface area (Å²) < 4.78 is 37.6. The number of carboxylic acid groups (broad SMARTS) is 1. The summed E-state index contributed by atoms with van der Waals surface area (Å²) in [5.41, 5.74) is -0.342. The van der Waals surface area contributed by atoms with Crippen molar-refractivity contribution in [3.05, 3.63) is 17.1 Å². The van der Waals surface area contributed by atoms with Crippen LogP contribution in [0.1, 0.15) is 35.7 Å². The van der Waals surface area contributed by atoms with E-state index in [1.165, 1.54) is 18.2 Å². The van der Waals surface area contributed by atoms with Crippen LogP contribution in [0.15, 0.2) is 9.31 Å². The molecule has 1 aliphatic heterocycles. The number of hydrogen-bond donors (Lipinski definition) is 1. The van der Waals surface area contributed by atoms with Crippen molar-refractivity contribution < 1.29 is 32.3 Å². The lowest BCUT2D eigenvalue weighted by Crippen LogP contribution is -2.52. The number of nitrogens with zero attached hydrogens (tertiary/aromatic N) is 2. The number of carboxylic acids is 1.